The molecular weight excluding hydrogens is 68.1 g/mol. The SMILES string of the molecule is S=C1CC1. The molecule has 4 heavy (non-hydrogen) atoms. The summed E-state index contributed by atoms with van der Waals surface area (Å²) in [6.45, 7) is 0. The lowest BCUT2D eigenvalue weighted by molar-refractivity contribution is 1.50. The van der Waals surface area contributed by atoms with E-state index in [9.17, 15) is 0 Å². The second-order valence-corrected chi connectivity index (χ2v) is 1.62. The molecule has 0 amide bonds. The predicted molar refractivity (Wildman–Crippen MR) is 21.8 cm³/mol. The molecule has 0 heterocycles. The van der Waals surface area contributed by atoms with Gasteiger partial charge in [-0.1, -0.05) is 12.2 Å². The highest BCUT2D eigenvalue weighted by molar-refractivity contribution is 7.81. The van der Waals surface area contributed by atoms with Gasteiger partial charge in [-0.2, -0.15) is 0 Å². The number of thiocarbonyl (C=S) groups is 1. The molecule has 0 aromatic rings. The van der Waals surface area contributed by atoms with E-state index in [1.165, 1.54) is 17.7 Å². The maximum atomic E-state index is 4.65. The van der Waals surface area contributed by atoms with Crippen molar-refractivity contribution in [3.8, 4) is 0 Å². The quantitative estimate of drug-likeness (QED) is 0.387. The average molecular weight is 72.1 g/mol. The fourth-order valence-electron chi connectivity index (χ4n) is 0.0510. The number of hydrogen-bond acceptors (Lipinski definition) is 1. The van der Waals surface area contributed by atoms with Gasteiger partial charge in [-0.05, 0) is 17.7 Å². The van der Waals surface area contributed by atoms with E-state index >= 15 is 0 Å². The third-order valence-electron chi connectivity index (χ3n) is 0.454. The third-order valence-corrected chi connectivity index (χ3v) is 0.862. The van der Waals surface area contributed by atoms with E-state index in [4.69, 9.17) is 0 Å². The van der Waals surface area contributed by atoms with Crippen molar-refractivity contribution >= 4 is 17.1 Å². The van der Waals surface area contributed by atoms with Crippen molar-refractivity contribution in [1.82, 2.24) is 0 Å². The van der Waals surface area contributed by atoms with Gasteiger partial charge < -0.3 is 0 Å². The van der Waals surface area contributed by atoms with Crippen molar-refractivity contribution in [3.05, 3.63) is 0 Å². The Hall–Kier alpha value is 0.0900. The van der Waals surface area contributed by atoms with Gasteiger partial charge in [0.15, 0.2) is 0 Å². The van der Waals surface area contributed by atoms with Gasteiger partial charge in [-0.25, -0.2) is 0 Å². The second-order valence-electron chi connectivity index (χ2n) is 1.04. The molecule has 22 valence electrons. The van der Waals surface area contributed by atoms with Crippen LogP contribution in [0, 0.1) is 0 Å². The minimum atomic E-state index is 1.22. The first kappa shape index (κ1) is 2.33. The Labute approximate surface area is 30.8 Å². The minimum Gasteiger partial charge on any atom is -0.0897 e. The first-order valence-electron chi connectivity index (χ1n) is 1.41. The molecule has 1 heteroatoms. The monoisotopic (exact) mass is 72.0 g/mol. The van der Waals surface area contributed by atoms with E-state index in [0.29, 0.717) is 0 Å². The molecular formula is C3H4S. The molecule has 1 saturated carbocycles. The zero-order valence-electron chi connectivity index (χ0n) is 2.32. The Morgan fingerprint density at radius 2 is 1.75 bits per heavy atom. The Morgan fingerprint density at radius 3 is 1.75 bits per heavy atom. The summed E-state index contributed by atoms with van der Waals surface area (Å²) in [5.41, 5.74) is 0. The van der Waals surface area contributed by atoms with Crippen molar-refractivity contribution in [2.75, 3.05) is 0 Å². The smallest absolute Gasteiger partial charge is 0.00645 e. The molecule has 0 aromatic heterocycles. The molecule has 0 N–H and O–H groups in total. The lowest BCUT2D eigenvalue weighted by atomic mass is 11.0. The van der Waals surface area contributed by atoms with Crippen LogP contribution in [0.25, 0.3) is 0 Å². The molecule has 0 unspecified atom stereocenters. The summed E-state index contributed by atoms with van der Waals surface area (Å²) in [6, 6.07) is 0. The van der Waals surface area contributed by atoms with Crippen molar-refractivity contribution in [3.63, 3.8) is 0 Å². The normalized spacial score (nSPS) is 21.5. The van der Waals surface area contributed by atoms with Gasteiger partial charge in [0.25, 0.3) is 0 Å². The largest absolute Gasteiger partial charge is 0.0897 e. The standard InChI is InChI=1S/C3H4S/c4-3-1-2-3/h1-2H2. The maximum Gasteiger partial charge on any atom is -0.00645 e. The lowest BCUT2D eigenvalue weighted by Crippen LogP contribution is -1.34. The molecule has 0 atom stereocenters. The van der Waals surface area contributed by atoms with Gasteiger partial charge in [0.2, 0.25) is 0 Å². The van der Waals surface area contributed by atoms with Crippen molar-refractivity contribution < 1.29 is 0 Å². The molecule has 1 rings (SSSR count). The molecule has 0 aromatic carbocycles. The molecule has 1 fully saturated rings. The van der Waals surface area contributed by atoms with E-state index in [0.717, 1.165) is 0 Å². The van der Waals surface area contributed by atoms with Crippen LogP contribution in [0.4, 0.5) is 0 Å². The first-order valence-corrected chi connectivity index (χ1v) is 1.82. The van der Waals surface area contributed by atoms with Crippen LogP contribution in [0.2, 0.25) is 0 Å². The highest BCUT2D eigenvalue weighted by Gasteiger charge is 2.07. The van der Waals surface area contributed by atoms with Crippen LogP contribution in [0.3, 0.4) is 0 Å². The Bertz CT molecular complexity index is 41.2. The van der Waals surface area contributed by atoms with Crippen LogP contribution in [0.15, 0.2) is 0 Å². The fraction of sp³-hybridized carbons (Fsp3) is 0.667. The summed E-state index contributed by atoms with van der Waals surface area (Å²) in [7, 11) is 0. The van der Waals surface area contributed by atoms with Gasteiger partial charge in [0, 0.05) is 0 Å². The summed E-state index contributed by atoms with van der Waals surface area (Å²) in [6.07, 6.45) is 2.44. The summed E-state index contributed by atoms with van der Waals surface area (Å²) in [5, 5.41) is 0. The summed E-state index contributed by atoms with van der Waals surface area (Å²) in [5.74, 6) is 0. The van der Waals surface area contributed by atoms with Crippen molar-refractivity contribution in [2.45, 2.75) is 12.8 Å². The van der Waals surface area contributed by atoms with Crippen LogP contribution >= 0.6 is 12.2 Å². The summed E-state index contributed by atoms with van der Waals surface area (Å²) in [4.78, 5) is 1.25. The van der Waals surface area contributed by atoms with E-state index in [1.807, 2.05) is 0 Å². The van der Waals surface area contributed by atoms with Crippen LogP contribution in [0.1, 0.15) is 12.8 Å². The Morgan fingerprint density at radius 1 is 1.50 bits per heavy atom. The van der Waals surface area contributed by atoms with Crippen LogP contribution < -0.4 is 0 Å². The minimum absolute atomic E-state index is 1.22. The van der Waals surface area contributed by atoms with Gasteiger partial charge >= 0.3 is 0 Å². The predicted octanol–water partition coefficient (Wildman–Crippen LogP) is 1.15. The molecule has 1 aliphatic carbocycles. The second kappa shape index (κ2) is 0.521. The molecule has 0 aliphatic heterocycles. The van der Waals surface area contributed by atoms with Gasteiger partial charge in [-0.3, -0.25) is 0 Å². The van der Waals surface area contributed by atoms with Crippen molar-refractivity contribution in [1.29, 1.82) is 0 Å². The maximum absolute atomic E-state index is 4.65. The Kier molecular flexibility index (Phi) is 0.304. The summed E-state index contributed by atoms with van der Waals surface area (Å²) >= 11 is 4.65. The Balaban J connectivity index is 2.60. The van der Waals surface area contributed by atoms with E-state index in [-0.39, 0.29) is 0 Å². The zero-order chi connectivity index (χ0) is 2.99. The molecule has 0 saturated heterocycles. The zero-order valence-corrected chi connectivity index (χ0v) is 3.14. The number of rotatable bonds is 0. The molecule has 0 nitrogen and oxygen atoms in total. The van der Waals surface area contributed by atoms with Crippen LogP contribution in [0.5, 0.6) is 0 Å². The third kappa shape index (κ3) is 0.260. The van der Waals surface area contributed by atoms with Gasteiger partial charge in [0.1, 0.15) is 0 Å². The van der Waals surface area contributed by atoms with Crippen LogP contribution in [-0.4, -0.2) is 4.86 Å². The topological polar surface area (TPSA) is 0 Å². The van der Waals surface area contributed by atoms with Gasteiger partial charge in [0.05, 0.1) is 0 Å². The molecule has 1 aliphatic rings. The summed E-state index contributed by atoms with van der Waals surface area (Å²) < 4.78 is 0. The highest BCUT2D eigenvalue weighted by atomic mass is 32.1. The highest BCUT2D eigenvalue weighted by Crippen LogP contribution is 2.12. The first-order chi connectivity index (χ1) is 1.89. The van der Waals surface area contributed by atoms with E-state index in [1.54, 1.807) is 0 Å². The molecule has 0 bridgehead atoms. The average Bonchev–Trinajstić information content (AvgIpc) is 1.75. The van der Waals surface area contributed by atoms with Crippen LogP contribution in [-0.2, 0) is 0 Å². The molecule has 0 spiro atoms. The van der Waals surface area contributed by atoms with E-state index < -0.39 is 0 Å². The van der Waals surface area contributed by atoms with Crippen molar-refractivity contribution in [2.24, 2.45) is 0 Å². The number of hydrogen-bond donors (Lipinski definition) is 0. The molecule has 0 radical (unpaired) electrons. The van der Waals surface area contributed by atoms with Gasteiger partial charge in [-0.15, -0.1) is 0 Å². The van der Waals surface area contributed by atoms with E-state index in [2.05, 4.69) is 12.2 Å². The fourth-order valence-corrected chi connectivity index (χ4v) is 0.153. The lowest BCUT2D eigenvalue weighted by Gasteiger charge is -1.30.